The first-order valence-electron chi connectivity index (χ1n) is 20.2. The van der Waals surface area contributed by atoms with Gasteiger partial charge in [0.2, 0.25) is 17.7 Å². The lowest BCUT2D eigenvalue weighted by atomic mass is 9.75. The van der Waals surface area contributed by atoms with E-state index >= 15 is 0 Å². The highest BCUT2D eigenvalue weighted by molar-refractivity contribution is 7.81. The van der Waals surface area contributed by atoms with Crippen LogP contribution in [0.25, 0.3) is 0 Å². The number of likely N-dealkylation sites (tertiary alicyclic amines) is 1. The predicted molar refractivity (Wildman–Crippen MR) is 220 cm³/mol. The first-order chi connectivity index (χ1) is 28.2. The second-order valence-electron chi connectivity index (χ2n) is 15.8. The van der Waals surface area contributed by atoms with Crippen LogP contribution in [0.3, 0.4) is 0 Å². The number of aryl methyl sites for hydroxylation is 1. The fraction of sp³-hybridized carbons (Fsp3) is 0.465. The van der Waals surface area contributed by atoms with Crippen molar-refractivity contribution >= 4 is 59.0 Å². The second-order valence-corrected chi connectivity index (χ2v) is 16.2. The van der Waals surface area contributed by atoms with E-state index in [1.165, 1.54) is 11.0 Å². The molecule has 7 rings (SSSR count). The SMILES string of the molecule is CCc1cc(N2[C@@H](S)N(c3ccc(C#N)c(C(F)(F)F)c3)C(=O)C23CCC3)ccc1OCCC1CCN([C@H](C)C(=O)Nc2cccc(N[C@@H]3CCC(=O)NC3=O)c2)CC1. The minimum absolute atomic E-state index is 0.0400. The summed E-state index contributed by atoms with van der Waals surface area (Å²) >= 11 is 4.81. The van der Waals surface area contributed by atoms with Gasteiger partial charge in [0.05, 0.1) is 29.8 Å². The quantitative estimate of drug-likeness (QED) is 0.114. The molecule has 0 radical (unpaired) electrons. The number of thiol groups is 1. The van der Waals surface area contributed by atoms with E-state index in [0.29, 0.717) is 49.6 Å². The Kier molecular flexibility index (Phi) is 12.2. The van der Waals surface area contributed by atoms with E-state index in [9.17, 15) is 37.6 Å². The molecular formula is C43H48F3N7O5S. The Balaban J connectivity index is 0.921. The minimum atomic E-state index is -4.76. The first kappa shape index (κ1) is 41.9. The molecule has 59 heavy (non-hydrogen) atoms. The zero-order valence-electron chi connectivity index (χ0n) is 33.0. The normalized spacial score (nSPS) is 21.5. The summed E-state index contributed by atoms with van der Waals surface area (Å²) in [6.07, 6.45) is 1.13. The Morgan fingerprint density at radius 2 is 1.76 bits per heavy atom. The number of nitrogens with one attached hydrogen (secondary N) is 3. The number of nitriles is 1. The third-order valence-electron chi connectivity index (χ3n) is 12.2. The number of halogens is 3. The molecule has 3 atom stereocenters. The highest BCUT2D eigenvalue weighted by Gasteiger charge is 2.60. The highest BCUT2D eigenvalue weighted by atomic mass is 32.1. The van der Waals surface area contributed by atoms with Crippen LogP contribution in [-0.4, -0.2) is 71.3 Å². The Labute approximate surface area is 346 Å². The van der Waals surface area contributed by atoms with Crippen LogP contribution < -0.4 is 30.5 Å². The summed E-state index contributed by atoms with van der Waals surface area (Å²) in [5.41, 5.74) is -0.399. The van der Waals surface area contributed by atoms with E-state index in [4.69, 9.17) is 17.4 Å². The number of alkyl halides is 3. The van der Waals surface area contributed by atoms with Gasteiger partial charge in [0.15, 0.2) is 5.50 Å². The van der Waals surface area contributed by atoms with Crippen molar-refractivity contribution in [3.05, 3.63) is 77.4 Å². The van der Waals surface area contributed by atoms with Crippen LogP contribution in [0, 0.1) is 17.2 Å². The summed E-state index contributed by atoms with van der Waals surface area (Å²) in [5, 5.41) is 17.8. The smallest absolute Gasteiger partial charge is 0.417 e. The van der Waals surface area contributed by atoms with Crippen molar-refractivity contribution in [2.45, 2.75) is 101 Å². The van der Waals surface area contributed by atoms with Crippen molar-refractivity contribution in [3.63, 3.8) is 0 Å². The molecule has 3 saturated heterocycles. The topological polar surface area (TPSA) is 147 Å². The number of ether oxygens (including phenoxy) is 1. The molecule has 0 aromatic heterocycles. The third-order valence-corrected chi connectivity index (χ3v) is 12.7. The van der Waals surface area contributed by atoms with Crippen LogP contribution >= 0.6 is 12.6 Å². The Morgan fingerprint density at radius 3 is 2.42 bits per heavy atom. The molecule has 0 unspecified atom stereocenters. The number of nitrogens with zero attached hydrogens (tertiary/aromatic N) is 4. The molecule has 3 aliphatic heterocycles. The van der Waals surface area contributed by atoms with Gasteiger partial charge in [-0.15, -0.1) is 12.6 Å². The molecule has 12 nitrogen and oxygen atoms in total. The van der Waals surface area contributed by atoms with Crippen molar-refractivity contribution < 1.29 is 37.1 Å². The van der Waals surface area contributed by atoms with E-state index in [2.05, 4.69) is 20.9 Å². The molecule has 3 aromatic carbocycles. The van der Waals surface area contributed by atoms with Crippen molar-refractivity contribution in [3.8, 4) is 11.8 Å². The highest BCUT2D eigenvalue weighted by Crippen LogP contribution is 2.51. The maximum Gasteiger partial charge on any atom is 0.417 e. The minimum Gasteiger partial charge on any atom is -0.493 e. The number of carbonyl (C=O) groups excluding carboxylic acids is 4. The molecule has 0 bridgehead atoms. The van der Waals surface area contributed by atoms with Crippen molar-refractivity contribution in [2.24, 2.45) is 5.92 Å². The van der Waals surface area contributed by atoms with Crippen LogP contribution in [0.4, 0.5) is 35.9 Å². The van der Waals surface area contributed by atoms with E-state index in [1.54, 1.807) is 24.3 Å². The summed E-state index contributed by atoms with van der Waals surface area (Å²) in [5.74, 6) is 0.0827. The molecule has 3 heterocycles. The number of hydrogen-bond donors (Lipinski definition) is 4. The van der Waals surface area contributed by atoms with Gasteiger partial charge in [0.25, 0.3) is 5.91 Å². The lowest BCUT2D eigenvalue weighted by Gasteiger charge is -2.44. The van der Waals surface area contributed by atoms with Gasteiger partial charge in [-0.1, -0.05) is 13.0 Å². The number of amides is 4. The van der Waals surface area contributed by atoms with Crippen LogP contribution in [0.2, 0.25) is 0 Å². The fourth-order valence-electron chi connectivity index (χ4n) is 8.61. The molecule has 312 valence electrons. The maximum absolute atomic E-state index is 14.0. The van der Waals surface area contributed by atoms with Crippen LogP contribution in [0.5, 0.6) is 5.75 Å². The van der Waals surface area contributed by atoms with Crippen LogP contribution in [0.1, 0.15) is 81.9 Å². The lowest BCUT2D eigenvalue weighted by molar-refractivity contribution is -0.138. The van der Waals surface area contributed by atoms with E-state index in [0.717, 1.165) is 67.9 Å². The van der Waals surface area contributed by atoms with Gasteiger partial charge in [-0.3, -0.25) is 34.3 Å². The number of hydrogen-bond acceptors (Lipinski definition) is 10. The summed E-state index contributed by atoms with van der Waals surface area (Å²) in [6.45, 7) is 5.95. The molecule has 3 aromatic rings. The largest absolute Gasteiger partial charge is 0.493 e. The summed E-state index contributed by atoms with van der Waals surface area (Å²) in [7, 11) is 0. The Morgan fingerprint density at radius 1 is 1.03 bits per heavy atom. The maximum atomic E-state index is 14.0. The van der Waals surface area contributed by atoms with E-state index in [-0.39, 0.29) is 41.8 Å². The van der Waals surface area contributed by atoms with Crippen molar-refractivity contribution in [2.75, 3.05) is 40.1 Å². The average molecular weight is 832 g/mol. The second kappa shape index (κ2) is 17.1. The Hall–Kier alpha value is -5.27. The molecular weight excluding hydrogens is 784 g/mol. The molecule has 4 aliphatic rings. The molecule has 3 N–H and O–H groups in total. The number of anilines is 4. The zero-order chi connectivity index (χ0) is 42.1. The van der Waals surface area contributed by atoms with Gasteiger partial charge in [-0.2, -0.15) is 18.4 Å². The average Bonchev–Trinajstić information content (AvgIpc) is 3.44. The van der Waals surface area contributed by atoms with E-state index < -0.39 is 34.4 Å². The molecule has 16 heteroatoms. The molecule has 1 spiro atoms. The molecule has 4 amide bonds. The van der Waals surface area contributed by atoms with Crippen LogP contribution in [0.15, 0.2) is 60.7 Å². The summed E-state index contributed by atoms with van der Waals surface area (Å²) in [6, 6.07) is 17.0. The summed E-state index contributed by atoms with van der Waals surface area (Å²) in [4.78, 5) is 56.3. The van der Waals surface area contributed by atoms with Gasteiger partial charge in [0, 0.05) is 29.2 Å². The molecule has 4 fully saturated rings. The van der Waals surface area contributed by atoms with Crippen LogP contribution in [-0.2, 0) is 31.8 Å². The van der Waals surface area contributed by atoms with E-state index in [1.807, 2.05) is 43.0 Å². The lowest BCUT2D eigenvalue weighted by Crippen LogP contribution is -2.55. The van der Waals surface area contributed by atoms with Crippen molar-refractivity contribution in [1.82, 2.24) is 10.2 Å². The zero-order valence-corrected chi connectivity index (χ0v) is 33.9. The van der Waals surface area contributed by atoms with Gasteiger partial charge in [-0.25, -0.2) is 0 Å². The number of benzene rings is 3. The fourth-order valence-corrected chi connectivity index (χ4v) is 9.20. The first-order valence-corrected chi connectivity index (χ1v) is 20.7. The third kappa shape index (κ3) is 8.58. The number of carbonyl (C=O) groups is 4. The molecule has 1 aliphatic carbocycles. The predicted octanol–water partition coefficient (Wildman–Crippen LogP) is 6.85. The van der Waals surface area contributed by atoms with Gasteiger partial charge in [0.1, 0.15) is 17.3 Å². The number of rotatable bonds is 12. The van der Waals surface area contributed by atoms with Crippen molar-refractivity contribution in [1.29, 1.82) is 5.26 Å². The Bertz CT molecular complexity index is 2150. The van der Waals surface area contributed by atoms with Gasteiger partial charge in [-0.05, 0) is 137 Å². The number of imide groups is 1. The molecule has 1 saturated carbocycles. The van der Waals surface area contributed by atoms with Gasteiger partial charge < -0.3 is 20.3 Å². The van der Waals surface area contributed by atoms with Gasteiger partial charge >= 0.3 is 6.18 Å². The standard InChI is InChI=1S/C43H48F3N7O5S/c1-3-28-22-33(53-41(59)52(40(57)42(53)17-5-18-42)32-9-8-29(25-47)34(24-32)43(44,45)46)10-12-36(28)58-21-16-27-14-19-51(20-15-27)26(2)38(55)49-31-7-4-6-30(23-31)48-35-11-13-37(54)50-39(35)56/h4,6-10,12,22-24,26-27,35,41,48,59H,3,5,11,13-21H2,1-2H3,(H,49,55)(H,50,54,56)/t26-,35-,41+/m1/s1. The summed E-state index contributed by atoms with van der Waals surface area (Å²) < 4.78 is 47.9. The number of piperidine rings is 2. The monoisotopic (exact) mass is 831 g/mol.